The molecule has 160 valence electrons. The van der Waals surface area contributed by atoms with Gasteiger partial charge in [-0.1, -0.05) is 0 Å². The zero-order chi connectivity index (χ0) is 22.1. The van der Waals surface area contributed by atoms with Crippen molar-refractivity contribution >= 4 is 11.6 Å². The fourth-order valence-corrected chi connectivity index (χ4v) is 3.31. The van der Waals surface area contributed by atoms with Crippen molar-refractivity contribution < 1.29 is 18.3 Å². The zero-order valence-electron chi connectivity index (χ0n) is 17.2. The molecule has 0 saturated heterocycles. The second-order valence-corrected chi connectivity index (χ2v) is 7.07. The van der Waals surface area contributed by atoms with Crippen molar-refractivity contribution in [3.63, 3.8) is 0 Å². The third kappa shape index (κ3) is 3.96. The van der Waals surface area contributed by atoms with Crippen LogP contribution in [0.2, 0.25) is 0 Å². The highest BCUT2D eigenvalue weighted by Gasteiger charge is 2.23. The van der Waals surface area contributed by atoms with E-state index >= 15 is 0 Å². The molecule has 4 aromatic rings. The number of amides is 1. The Bertz CT molecular complexity index is 1230. The summed E-state index contributed by atoms with van der Waals surface area (Å²) in [5.41, 5.74) is 1.65. The average Bonchev–Trinajstić information content (AvgIpc) is 3.38. The van der Waals surface area contributed by atoms with E-state index in [9.17, 15) is 13.6 Å². The molecule has 0 aliphatic heterocycles. The number of carbonyl (C=O) groups excluding carboxylic acids is 1. The van der Waals surface area contributed by atoms with Gasteiger partial charge in [-0.25, -0.2) is 18.3 Å². The van der Waals surface area contributed by atoms with Crippen LogP contribution < -0.4 is 4.74 Å². The molecule has 0 N–H and O–H groups in total. The van der Waals surface area contributed by atoms with Crippen molar-refractivity contribution in [1.29, 1.82) is 0 Å². The number of carbonyl (C=O) groups is 1. The van der Waals surface area contributed by atoms with Gasteiger partial charge < -0.3 is 9.64 Å². The number of alkyl halides is 2. The van der Waals surface area contributed by atoms with E-state index in [2.05, 4.69) is 15.2 Å². The molecule has 0 bridgehead atoms. The van der Waals surface area contributed by atoms with Crippen LogP contribution in [0, 0.1) is 0 Å². The zero-order valence-corrected chi connectivity index (χ0v) is 17.2. The molecule has 0 aliphatic carbocycles. The van der Waals surface area contributed by atoms with Crippen molar-refractivity contribution in [2.45, 2.75) is 13.0 Å². The van der Waals surface area contributed by atoms with E-state index in [-0.39, 0.29) is 22.8 Å². The quantitative estimate of drug-likeness (QED) is 0.473. The van der Waals surface area contributed by atoms with Gasteiger partial charge in [-0.05, 0) is 30.3 Å². The van der Waals surface area contributed by atoms with Crippen molar-refractivity contribution in [1.82, 2.24) is 29.3 Å². The van der Waals surface area contributed by atoms with Crippen molar-refractivity contribution in [2.75, 3.05) is 14.2 Å². The molecule has 0 saturated carbocycles. The summed E-state index contributed by atoms with van der Waals surface area (Å²) in [6.45, 7) is 0.309. The fraction of sp³-hybridized carbons (Fsp3) is 0.238. The number of aryl methyl sites for hydroxylation is 1. The molecule has 10 heteroatoms. The third-order valence-electron chi connectivity index (χ3n) is 4.86. The highest BCUT2D eigenvalue weighted by molar-refractivity contribution is 5.99. The summed E-state index contributed by atoms with van der Waals surface area (Å²) < 4.78 is 35.3. The van der Waals surface area contributed by atoms with Gasteiger partial charge in [0.2, 0.25) is 0 Å². The Hall–Kier alpha value is -3.82. The minimum atomic E-state index is -2.79. The van der Waals surface area contributed by atoms with Gasteiger partial charge in [-0.2, -0.15) is 10.2 Å². The first kappa shape index (κ1) is 20.5. The monoisotopic (exact) mass is 426 g/mol. The summed E-state index contributed by atoms with van der Waals surface area (Å²) in [5.74, 6) is 0.259. The second-order valence-electron chi connectivity index (χ2n) is 7.07. The van der Waals surface area contributed by atoms with Gasteiger partial charge in [-0.3, -0.25) is 9.48 Å². The van der Waals surface area contributed by atoms with Gasteiger partial charge in [0.15, 0.2) is 5.65 Å². The molecule has 0 fully saturated rings. The molecule has 0 unspecified atom stereocenters. The minimum absolute atomic E-state index is 0.0756. The van der Waals surface area contributed by atoms with Crippen LogP contribution in [0.4, 0.5) is 8.78 Å². The number of rotatable bonds is 6. The van der Waals surface area contributed by atoms with Crippen LogP contribution in [0.3, 0.4) is 0 Å². The number of nitrogens with zero attached hydrogens (tertiary/aromatic N) is 6. The Labute approximate surface area is 176 Å². The Kier molecular flexibility index (Phi) is 5.37. The van der Waals surface area contributed by atoms with Gasteiger partial charge in [0.25, 0.3) is 12.3 Å². The lowest BCUT2D eigenvalue weighted by Gasteiger charge is -2.15. The van der Waals surface area contributed by atoms with E-state index in [4.69, 9.17) is 4.74 Å². The van der Waals surface area contributed by atoms with E-state index in [0.29, 0.717) is 23.6 Å². The molecule has 0 spiro atoms. The Morgan fingerprint density at radius 3 is 2.55 bits per heavy atom. The average molecular weight is 426 g/mol. The molecular weight excluding hydrogens is 406 g/mol. The molecule has 3 aromatic heterocycles. The summed E-state index contributed by atoms with van der Waals surface area (Å²) in [7, 11) is 4.95. The molecular formula is C21H20F2N6O2. The van der Waals surface area contributed by atoms with E-state index < -0.39 is 6.43 Å². The Balaban J connectivity index is 1.75. The van der Waals surface area contributed by atoms with Gasteiger partial charge in [0, 0.05) is 38.0 Å². The van der Waals surface area contributed by atoms with E-state index in [1.807, 2.05) is 0 Å². The number of hydrogen-bond acceptors (Lipinski definition) is 5. The second kappa shape index (κ2) is 8.13. The van der Waals surface area contributed by atoms with Gasteiger partial charge >= 0.3 is 0 Å². The van der Waals surface area contributed by atoms with Crippen LogP contribution in [-0.4, -0.2) is 49.3 Å². The van der Waals surface area contributed by atoms with Crippen molar-refractivity contribution in [3.8, 4) is 17.0 Å². The number of fused-ring (bicyclic) bond motifs is 1. The molecule has 31 heavy (non-hydrogen) atoms. The summed E-state index contributed by atoms with van der Waals surface area (Å²) >= 11 is 0. The molecule has 1 amide bonds. The third-order valence-corrected chi connectivity index (χ3v) is 4.86. The Morgan fingerprint density at radius 1 is 1.19 bits per heavy atom. The van der Waals surface area contributed by atoms with Crippen LogP contribution in [0.25, 0.3) is 16.9 Å². The van der Waals surface area contributed by atoms with Gasteiger partial charge in [0.05, 0.1) is 25.2 Å². The highest BCUT2D eigenvalue weighted by Crippen LogP contribution is 2.28. The number of ether oxygens (including phenoxy) is 1. The smallest absolute Gasteiger partial charge is 0.280 e. The maximum Gasteiger partial charge on any atom is 0.280 e. The first-order valence-electron chi connectivity index (χ1n) is 9.41. The molecule has 3 heterocycles. The largest absolute Gasteiger partial charge is 0.497 e. The normalized spacial score (nSPS) is 11.3. The molecule has 4 rings (SSSR count). The van der Waals surface area contributed by atoms with Crippen LogP contribution in [0.15, 0.2) is 48.9 Å². The molecule has 1 aromatic carbocycles. The summed E-state index contributed by atoms with van der Waals surface area (Å²) in [4.78, 5) is 19.0. The van der Waals surface area contributed by atoms with Gasteiger partial charge in [0.1, 0.15) is 17.0 Å². The SMILES string of the molecule is COc1ccc(-c2cc(C(F)F)n3ncc(C(=O)N(C)Cc4cnn(C)c4)c3n2)cc1. The molecule has 8 nitrogen and oxygen atoms in total. The lowest BCUT2D eigenvalue weighted by molar-refractivity contribution is 0.0786. The fourth-order valence-electron chi connectivity index (χ4n) is 3.31. The predicted molar refractivity (Wildman–Crippen MR) is 109 cm³/mol. The minimum Gasteiger partial charge on any atom is -0.497 e. The molecule has 0 atom stereocenters. The van der Waals surface area contributed by atoms with E-state index in [0.717, 1.165) is 10.1 Å². The molecule has 0 aliphatic rings. The maximum atomic E-state index is 13.8. The van der Waals surface area contributed by atoms with Crippen molar-refractivity contribution in [2.24, 2.45) is 7.05 Å². The summed E-state index contributed by atoms with van der Waals surface area (Å²) in [6.07, 6.45) is 1.94. The molecule has 0 radical (unpaired) electrons. The topological polar surface area (TPSA) is 77.5 Å². The van der Waals surface area contributed by atoms with Crippen LogP contribution in [0.5, 0.6) is 5.75 Å². The van der Waals surface area contributed by atoms with Crippen LogP contribution in [-0.2, 0) is 13.6 Å². The summed E-state index contributed by atoms with van der Waals surface area (Å²) in [6, 6.07) is 8.15. The van der Waals surface area contributed by atoms with E-state index in [1.165, 1.54) is 17.2 Å². The first-order chi connectivity index (χ1) is 14.9. The number of hydrogen-bond donors (Lipinski definition) is 0. The number of aromatic nitrogens is 5. The number of halogens is 2. The highest BCUT2D eigenvalue weighted by atomic mass is 19.3. The number of methoxy groups -OCH3 is 1. The van der Waals surface area contributed by atoms with E-state index in [1.54, 1.807) is 62.5 Å². The summed E-state index contributed by atoms with van der Waals surface area (Å²) in [5, 5.41) is 8.09. The standard InChI is InChI=1S/C21H20F2N6O2/c1-27(11-13-9-24-28(2)12-13)21(30)16-10-25-29-18(19(22)23)8-17(26-20(16)29)14-4-6-15(31-3)7-5-14/h4-10,12,19H,11H2,1-3H3. The Morgan fingerprint density at radius 2 is 1.94 bits per heavy atom. The van der Waals surface area contributed by atoms with Gasteiger partial charge in [-0.15, -0.1) is 0 Å². The van der Waals surface area contributed by atoms with Crippen LogP contribution in [0.1, 0.15) is 28.0 Å². The van der Waals surface area contributed by atoms with Crippen LogP contribution >= 0.6 is 0 Å². The maximum absolute atomic E-state index is 13.8. The first-order valence-corrected chi connectivity index (χ1v) is 9.41. The lowest BCUT2D eigenvalue weighted by Crippen LogP contribution is -2.26. The predicted octanol–water partition coefficient (Wildman–Crippen LogP) is 3.35. The number of benzene rings is 1. The lowest BCUT2D eigenvalue weighted by atomic mass is 10.1. The van der Waals surface area contributed by atoms with Crippen molar-refractivity contribution in [3.05, 3.63) is 65.7 Å².